The van der Waals surface area contributed by atoms with Crippen molar-refractivity contribution in [1.29, 1.82) is 0 Å². The molecule has 0 saturated heterocycles. The van der Waals surface area contributed by atoms with Gasteiger partial charge in [-0.2, -0.15) is 18.2 Å². The first-order chi connectivity index (χ1) is 15.6. The zero-order chi connectivity index (χ0) is 23.8. The number of H-pyrrole nitrogens is 1. The van der Waals surface area contributed by atoms with Crippen LogP contribution in [0.3, 0.4) is 0 Å². The van der Waals surface area contributed by atoms with Crippen molar-refractivity contribution in [3.8, 4) is 0 Å². The number of aromatic amines is 1. The highest BCUT2D eigenvalue weighted by Crippen LogP contribution is 2.34. The van der Waals surface area contributed by atoms with Gasteiger partial charge in [0.2, 0.25) is 11.9 Å². The molecule has 2 aromatic heterocycles. The van der Waals surface area contributed by atoms with Gasteiger partial charge in [-0.25, -0.2) is 9.78 Å². The van der Waals surface area contributed by atoms with E-state index in [0.717, 1.165) is 6.07 Å². The maximum Gasteiger partial charge on any atom is 0.417 e. The van der Waals surface area contributed by atoms with Gasteiger partial charge >= 0.3 is 11.9 Å². The van der Waals surface area contributed by atoms with Crippen LogP contribution in [0.2, 0.25) is 0 Å². The van der Waals surface area contributed by atoms with Gasteiger partial charge in [0.15, 0.2) is 5.58 Å². The minimum atomic E-state index is -4.67. The van der Waals surface area contributed by atoms with E-state index in [4.69, 9.17) is 10.2 Å². The molecule has 2 aromatic carbocycles. The number of fused-ring (bicyclic) bond motifs is 1. The summed E-state index contributed by atoms with van der Waals surface area (Å²) in [6.07, 6.45) is -3.70. The standard InChI is InChI=1S/C21H17F3N6O3/c1-10-9-26-19(28-12-3-2-11(6-17(25)31)14(7-12)21(22,23)24)30-18(10)27-13-4-5-16-15(8-13)29-20(32)33-16/h2-5,7-9H,6H2,1H3,(H2,25,31)(H,29,32)(H2,26,27,28,30). The first-order valence-corrected chi connectivity index (χ1v) is 9.57. The number of benzene rings is 2. The number of nitrogens with one attached hydrogen (secondary N) is 3. The first kappa shape index (κ1) is 21.9. The van der Waals surface area contributed by atoms with Crippen molar-refractivity contribution in [3.05, 3.63) is 69.8 Å². The number of oxazole rings is 1. The summed E-state index contributed by atoms with van der Waals surface area (Å²) in [5.41, 5.74) is 6.11. The smallest absolute Gasteiger partial charge is 0.408 e. The molecule has 9 nitrogen and oxygen atoms in total. The topological polar surface area (TPSA) is 139 Å². The summed E-state index contributed by atoms with van der Waals surface area (Å²) in [4.78, 5) is 33.4. The fourth-order valence-corrected chi connectivity index (χ4v) is 3.18. The number of alkyl halides is 3. The highest BCUT2D eigenvalue weighted by Gasteiger charge is 2.34. The van der Waals surface area contributed by atoms with Gasteiger partial charge in [-0.15, -0.1) is 0 Å². The van der Waals surface area contributed by atoms with Crippen LogP contribution in [-0.2, 0) is 17.4 Å². The number of primary amides is 1. The number of rotatable bonds is 6. The Bertz CT molecular complexity index is 1410. The summed E-state index contributed by atoms with van der Waals surface area (Å²) in [6.45, 7) is 1.75. The molecule has 33 heavy (non-hydrogen) atoms. The minimum absolute atomic E-state index is 0.0525. The SMILES string of the molecule is Cc1cnc(Nc2ccc(CC(N)=O)c(C(F)(F)F)c2)nc1Nc1ccc2oc(=O)[nH]c2c1. The summed E-state index contributed by atoms with van der Waals surface area (Å²) in [5.74, 6) is -0.987. The number of carbonyl (C=O) groups excluding carboxylic acids is 1. The van der Waals surface area contributed by atoms with Crippen LogP contribution in [-0.4, -0.2) is 20.9 Å². The van der Waals surface area contributed by atoms with Crippen LogP contribution in [0, 0.1) is 6.92 Å². The molecule has 0 aliphatic carbocycles. The number of nitrogens with zero attached hydrogens (tertiary/aromatic N) is 2. The third kappa shape index (κ3) is 4.95. The molecule has 0 fully saturated rings. The Kier molecular flexibility index (Phi) is 5.50. The number of amides is 1. The predicted molar refractivity (Wildman–Crippen MR) is 115 cm³/mol. The molecule has 0 saturated carbocycles. The quantitative estimate of drug-likeness (QED) is 0.345. The predicted octanol–water partition coefficient (Wildman–Crippen LogP) is 3.75. The van der Waals surface area contributed by atoms with E-state index in [-0.39, 0.29) is 17.2 Å². The number of anilines is 4. The van der Waals surface area contributed by atoms with E-state index in [1.807, 2.05) is 0 Å². The maximum absolute atomic E-state index is 13.4. The maximum atomic E-state index is 13.4. The Labute approximate surface area is 183 Å². The Morgan fingerprint density at radius 1 is 1.15 bits per heavy atom. The number of aromatic nitrogens is 3. The van der Waals surface area contributed by atoms with Gasteiger partial charge in [-0.05, 0) is 42.8 Å². The summed E-state index contributed by atoms with van der Waals surface area (Å²) < 4.78 is 45.3. The van der Waals surface area contributed by atoms with Crippen molar-refractivity contribution in [3.63, 3.8) is 0 Å². The number of carbonyl (C=O) groups is 1. The minimum Gasteiger partial charge on any atom is -0.408 e. The molecule has 12 heteroatoms. The molecule has 0 aliphatic heterocycles. The summed E-state index contributed by atoms with van der Waals surface area (Å²) in [7, 11) is 0. The van der Waals surface area contributed by atoms with E-state index < -0.39 is 29.8 Å². The molecule has 0 atom stereocenters. The van der Waals surface area contributed by atoms with Crippen molar-refractivity contribution < 1.29 is 22.4 Å². The van der Waals surface area contributed by atoms with Gasteiger partial charge in [0.25, 0.3) is 0 Å². The Morgan fingerprint density at radius 2 is 1.88 bits per heavy atom. The number of hydrogen-bond donors (Lipinski definition) is 4. The van der Waals surface area contributed by atoms with E-state index in [2.05, 4.69) is 25.6 Å². The Balaban J connectivity index is 1.61. The van der Waals surface area contributed by atoms with Crippen molar-refractivity contribution in [2.45, 2.75) is 19.5 Å². The summed E-state index contributed by atoms with van der Waals surface area (Å²) >= 11 is 0. The lowest BCUT2D eigenvalue weighted by Crippen LogP contribution is -2.18. The zero-order valence-corrected chi connectivity index (χ0v) is 17.1. The molecule has 4 aromatic rings. The normalized spacial score (nSPS) is 11.5. The summed E-state index contributed by atoms with van der Waals surface area (Å²) in [5, 5.41) is 5.82. The number of halogens is 3. The van der Waals surface area contributed by atoms with Gasteiger partial charge in [-0.3, -0.25) is 9.78 Å². The molecule has 0 radical (unpaired) electrons. The van der Waals surface area contributed by atoms with E-state index >= 15 is 0 Å². The lowest BCUT2D eigenvalue weighted by atomic mass is 10.0. The van der Waals surface area contributed by atoms with E-state index in [1.165, 1.54) is 18.3 Å². The third-order valence-electron chi connectivity index (χ3n) is 4.69. The molecule has 5 N–H and O–H groups in total. The molecule has 0 aliphatic rings. The van der Waals surface area contributed by atoms with Gasteiger partial charge in [0.05, 0.1) is 17.5 Å². The molecular weight excluding hydrogens is 441 g/mol. The van der Waals surface area contributed by atoms with Crippen LogP contribution in [0.5, 0.6) is 0 Å². The van der Waals surface area contributed by atoms with Gasteiger partial charge in [0.1, 0.15) is 5.82 Å². The fourth-order valence-electron chi connectivity index (χ4n) is 3.18. The van der Waals surface area contributed by atoms with Crippen molar-refractivity contribution >= 4 is 40.1 Å². The third-order valence-corrected chi connectivity index (χ3v) is 4.69. The average molecular weight is 458 g/mol. The zero-order valence-electron chi connectivity index (χ0n) is 17.1. The van der Waals surface area contributed by atoms with Gasteiger partial charge in [-0.1, -0.05) is 6.07 Å². The van der Waals surface area contributed by atoms with E-state index in [1.54, 1.807) is 25.1 Å². The molecule has 2 heterocycles. The van der Waals surface area contributed by atoms with Crippen LogP contribution < -0.4 is 22.1 Å². The molecule has 4 rings (SSSR count). The van der Waals surface area contributed by atoms with E-state index in [0.29, 0.717) is 28.2 Å². The van der Waals surface area contributed by atoms with Crippen molar-refractivity contribution in [2.75, 3.05) is 10.6 Å². The largest absolute Gasteiger partial charge is 0.417 e. The lowest BCUT2D eigenvalue weighted by molar-refractivity contribution is -0.138. The monoisotopic (exact) mass is 458 g/mol. The fraction of sp³-hybridized carbons (Fsp3) is 0.143. The van der Waals surface area contributed by atoms with Crippen LogP contribution in [0.1, 0.15) is 16.7 Å². The summed E-state index contributed by atoms with van der Waals surface area (Å²) in [6, 6.07) is 8.38. The van der Waals surface area contributed by atoms with E-state index in [9.17, 15) is 22.8 Å². The van der Waals surface area contributed by atoms with Crippen LogP contribution in [0.4, 0.5) is 36.3 Å². The highest BCUT2D eigenvalue weighted by atomic mass is 19.4. The second-order valence-electron chi connectivity index (χ2n) is 7.21. The molecule has 1 amide bonds. The number of aryl methyl sites for hydroxylation is 1. The first-order valence-electron chi connectivity index (χ1n) is 9.57. The second-order valence-corrected chi connectivity index (χ2v) is 7.21. The van der Waals surface area contributed by atoms with Crippen molar-refractivity contribution in [2.24, 2.45) is 5.73 Å². The molecule has 170 valence electrons. The Morgan fingerprint density at radius 3 is 2.61 bits per heavy atom. The lowest BCUT2D eigenvalue weighted by Gasteiger charge is -2.15. The van der Waals surface area contributed by atoms with Crippen molar-refractivity contribution in [1.82, 2.24) is 15.0 Å². The van der Waals surface area contributed by atoms with Gasteiger partial charge in [0, 0.05) is 23.1 Å². The molecule has 0 bridgehead atoms. The van der Waals surface area contributed by atoms with Crippen LogP contribution >= 0.6 is 0 Å². The molecular formula is C21H17F3N6O3. The molecule has 0 unspecified atom stereocenters. The highest BCUT2D eigenvalue weighted by molar-refractivity contribution is 5.79. The van der Waals surface area contributed by atoms with Crippen LogP contribution in [0.15, 0.2) is 51.8 Å². The number of nitrogens with two attached hydrogens (primary N) is 1. The van der Waals surface area contributed by atoms with Gasteiger partial charge < -0.3 is 20.8 Å². The Hall–Kier alpha value is -4.35. The van der Waals surface area contributed by atoms with Crippen LogP contribution in [0.25, 0.3) is 11.1 Å². The second kappa shape index (κ2) is 8.30. The number of hydrogen-bond acceptors (Lipinski definition) is 7. The average Bonchev–Trinajstić information content (AvgIpc) is 3.10. The molecule has 0 spiro atoms.